The molecule has 1 amide bonds. The fourth-order valence-electron chi connectivity index (χ4n) is 1.50. The van der Waals surface area contributed by atoms with Crippen LogP contribution >= 0.6 is 15.9 Å². The van der Waals surface area contributed by atoms with Gasteiger partial charge in [-0.25, -0.2) is 8.42 Å². The fourth-order valence-corrected chi connectivity index (χ4v) is 3.24. The highest BCUT2D eigenvalue weighted by Gasteiger charge is 2.20. The average molecular weight is 359 g/mol. The minimum Gasteiger partial charge on any atom is -0.458 e. The molecule has 0 spiro atoms. The number of aryl methyl sites for hydroxylation is 1. The molecule has 1 aromatic carbocycles. The Morgan fingerprint density at radius 2 is 2.05 bits per heavy atom. The smallest absolute Gasteiger partial charge is 0.284 e. The molecule has 1 heterocycles. The molecule has 0 radical (unpaired) electrons. The second-order valence-corrected chi connectivity index (χ2v) is 6.64. The molecule has 0 saturated heterocycles. The number of nitrogens with two attached hydrogens (primary N) is 1. The van der Waals surface area contributed by atoms with Crippen molar-refractivity contribution >= 4 is 37.5 Å². The minimum atomic E-state index is -3.84. The third-order valence-electron chi connectivity index (χ3n) is 2.50. The van der Waals surface area contributed by atoms with Crippen LogP contribution in [0.2, 0.25) is 0 Å². The number of nitrogens with one attached hydrogen (secondary N) is 1. The number of rotatable bonds is 4. The SMILES string of the molecule is Cc1ccc(NS(=O)(=O)c2coc(C(N)=O)c2)c(Br)c1. The molecule has 3 N–H and O–H groups in total. The van der Waals surface area contributed by atoms with Crippen molar-refractivity contribution in [1.82, 2.24) is 0 Å². The van der Waals surface area contributed by atoms with Gasteiger partial charge in [0.05, 0.1) is 5.69 Å². The molecule has 2 rings (SSSR count). The Hall–Kier alpha value is -1.80. The quantitative estimate of drug-likeness (QED) is 0.874. The molecule has 2 aromatic rings. The molecular formula is C12H11BrN2O4S. The van der Waals surface area contributed by atoms with E-state index in [4.69, 9.17) is 10.2 Å². The van der Waals surface area contributed by atoms with Gasteiger partial charge in [-0.1, -0.05) is 6.07 Å². The van der Waals surface area contributed by atoms with Crippen molar-refractivity contribution in [3.05, 3.63) is 46.3 Å². The van der Waals surface area contributed by atoms with E-state index in [1.807, 2.05) is 6.92 Å². The second kappa shape index (κ2) is 5.29. The molecule has 0 bridgehead atoms. The summed E-state index contributed by atoms with van der Waals surface area (Å²) in [6.45, 7) is 1.89. The Balaban J connectivity index is 2.33. The van der Waals surface area contributed by atoms with Crippen molar-refractivity contribution in [2.75, 3.05) is 4.72 Å². The Morgan fingerprint density at radius 3 is 2.60 bits per heavy atom. The van der Waals surface area contributed by atoms with E-state index in [1.165, 1.54) is 0 Å². The normalized spacial score (nSPS) is 11.3. The number of halogens is 1. The van der Waals surface area contributed by atoms with E-state index in [0.717, 1.165) is 17.9 Å². The van der Waals surface area contributed by atoms with Crippen LogP contribution in [0.1, 0.15) is 16.1 Å². The third kappa shape index (κ3) is 3.02. The molecule has 8 heteroatoms. The molecule has 0 unspecified atom stereocenters. The molecule has 0 atom stereocenters. The van der Waals surface area contributed by atoms with Crippen molar-refractivity contribution in [1.29, 1.82) is 0 Å². The maximum absolute atomic E-state index is 12.1. The molecule has 0 fully saturated rings. The number of amides is 1. The van der Waals surface area contributed by atoms with Crippen molar-refractivity contribution in [2.24, 2.45) is 5.73 Å². The van der Waals surface area contributed by atoms with E-state index >= 15 is 0 Å². The topological polar surface area (TPSA) is 102 Å². The Kier molecular flexibility index (Phi) is 3.87. The number of carbonyl (C=O) groups is 1. The van der Waals surface area contributed by atoms with Gasteiger partial charge in [0.2, 0.25) is 0 Å². The first-order valence-corrected chi connectivity index (χ1v) is 7.74. The number of sulfonamides is 1. The molecule has 0 aliphatic rings. The summed E-state index contributed by atoms with van der Waals surface area (Å²) < 4.78 is 32.1. The predicted octanol–water partition coefficient (Wildman–Crippen LogP) is 2.25. The van der Waals surface area contributed by atoms with Crippen molar-refractivity contribution in [2.45, 2.75) is 11.8 Å². The summed E-state index contributed by atoms with van der Waals surface area (Å²) in [4.78, 5) is 10.7. The predicted molar refractivity (Wildman–Crippen MR) is 76.9 cm³/mol. The summed E-state index contributed by atoms with van der Waals surface area (Å²) in [6, 6.07) is 6.26. The minimum absolute atomic E-state index is 0.168. The van der Waals surface area contributed by atoms with Crippen LogP contribution in [0.4, 0.5) is 5.69 Å². The third-order valence-corrected chi connectivity index (χ3v) is 4.48. The zero-order valence-corrected chi connectivity index (χ0v) is 12.8. The lowest BCUT2D eigenvalue weighted by Gasteiger charge is -2.08. The van der Waals surface area contributed by atoms with Gasteiger partial charge in [0.25, 0.3) is 15.9 Å². The van der Waals surface area contributed by atoms with Crippen molar-refractivity contribution < 1.29 is 17.6 Å². The molecule has 1 aromatic heterocycles. The molecule has 0 aliphatic heterocycles. The Bertz CT molecular complexity index is 768. The van der Waals surface area contributed by atoms with Crippen LogP contribution in [-0.4, -0.2) is 14.3 Å². The van der Waals surface area contributed by atoms with Gasteiger partial charge in [-0.15, -0.1) is 0 Å². The highest BCUT2D eigenvalue weighted by molar-refractivity contribution is 9.10. The van der Waals surface area contributed by atoms with Crippen molar-refractivity contribution in [3.8, 4) is 0 Å². The van der Waals surface area contributed by atoms with Crippen LogP contribution in [0.3, 0.4) is 0 Å². The van der Waals surface area contributed by atoms with E-state index in [2.05, 4.69) is 20.7 Å². The van der Waals surface area contributed by atoms with Gasteiger partial charge in [0.1, 0.15) is 11.2 Å². The summed E-state index contributed by atoms with van der Waals surface area (Å²) in [5, 5.41) is 0. The summed E-state index contributed by atoms with van der Waals surface area (Å²) in [7, 11) is -3.84. The number of primary amides is 1. The lowest BCUT2D eigenvalue weighted by atomic mass is 10.2. The largest absolute Gasteiger partial charge is 0.458 e. The molecule has 6 nitrogen and oxygen atoms in total. The van der Waals surface area contributed by atoms with E-state index in [1.54, 1.807) is 18.2 Å². The van der Waals surface area contributed by atoms with E-state index in [0.29, 0.717) is 10.2 Å². The van der Waals surface area contributed by atoms with E-state index in [9.17, 15) is 13.2 Å². The van der Waals surface area contributed by atoms with Gasteiger partial charge < -0.3 is 10.2 Å². The zero-order chi connectivity index (χ0) is 14.9. The highest BCUT2D eigenvalue weighted by atomic mass is 79.9. The summed E-state index contributed by atoms with van der Waals surface area (Å²) >= 11 is 3.28. The van der Waals surface area contributed by atoms with Crippen LogP contribution in [0, 0.1) is 6.92 Å². The van der Waals surface area contributed by atoms with Gasteiger partial charge in [-0.2, -0.15) is 0 Å². The van der Waals surface area contributed by atoms with Crippen LogP contribution in [-0.2, 0) is 10.0 Å². The molecule has 0 aliphatic carbocycles. The lowest BCUT2D eigenvalue weighted by Crippen LogP contribution is -2.13. The van der Waals surface area contributed by atoms with Gasteiger partial charge in [0, 0.05) is 10.5 Å². The monoisotopic (exact) mass is 358 g/mol. The van der Waals surface area contributed by atoms with Gasteiger partial charge >= 0.3 is 0 Å². The molecule has 20 heavy (non-hydrogen) atoms. The highest BCUT2D eigenvalue weighted by Crippen LogP contribution is 2.26. The number of benzene rings is 1. The standard InChI is InChI=1S/C12H11BrN2O4S/c1-7-2-3-10(9(13)4-7)15-20(17,18)8-5-11(12(14)16)19-6-8/h2-6,15H,1H3,(H2,14,16). The Labute approximate surface area is 124 Å². The maximum Gasteiger partial charge on any atom is 0.284 e. The van der Waals surface area contributed by atoms with Gasteiger partial charge in [0.15, 0.2) is 5.76 Å². The zero-order valence-electron chi connectivity index (χ0n) is 10.4. The maximum atomic E-state index is 12.1. The Morgan fingerprint density at radius 1 is 1.35 bits per heavy atom. The molecule has 0 saturated carbocycles. The lowest BCUT2D eigenvalue weighted by molar-refractivity contribution is 0.0974. The van der Waals surface area contributed by atoms with Gasteiger partial charge in [-0.05, 0) is 40.5 Å². The number of furan rings is 1. The fraction of sp³-hybridized carbons (Fsp3) is 0.0833. The van der Waals surface area contributed by atoms with E-state index in [-0.39, 0.29) is 10.7 Å². The van der Waals surface area contributed by atoms with Crippen LogP contribution in [0.15, 0.2) is 44.3 Å². The summed E-state index contributed by atoms with van der Waals surface area (Å²) in [5.41, 5.74) is 6.38. The first kappa shape index (κ1) is 14.6. The number of carbonyl (C=O) groups excluding carboxylic acids is 1. The van der Waals surface area contributed by atoms with Crippen LogP contribution in [0.5, 0.6) is 0 Å². The second-order valence-electron chi connectivity index (χ2n) is 4.10. The number of hydrogen-bond donors (Lipinski definition) is 2. The number of anilines is 1. The van der Waals surface area contributed by atoms with Crippen LogP contribution < -0.4 is 10.5 Å². The van der Waals surface area contributed by atoms with E-state index < -0.39 is 15.9 Å². The molecular weight excluding hydrogens is 348 g/mol. The average Bonchev–Trinajstić information content (AvgIpc) is 2.83. The number of hydrogen-bond acceptors (Lipinski definition) is 4. The first-order chi connectivity index (χ1) is 9.29. The van der Waals surface area contributed by atoms with Gasteiger partial charge in [-0.3, -0.25) is 9.52 Å². The summed E-state index contributed by atoms with van der Waals surface area (Å²) in [5.74, 6) is -1.05. The first-order valence-electron chi connectivity index (χ1n) is 5.47. The van der Waals surface area contributed by atoms with Crippen molar-refractivity contribution in [3.63, 3.8) is 0 Å². The van der Waals surface area contributed by atoms with Crippen LogP contribution in [0.25, 0.3) is 0 Å². The molecule has 106 valence electrons. The summed E-state index contributed by atoms with van der Waals surface area (Å²) in [6.07, 6.45) is 0.963.